The van der Waals surface area contributed by atoms with Crippen LogP contribution in [0.25, 0.3) is 0 Å². The van der Waals surface area contributed by atoms with Crippen LogP contribution in [0.3, 0.4) is 0 Å². The molecule has 0 aliphatic heterocycles. The highest BCUT2D eigenvalue weighted by Crippen LogP contribution is 2.22. The van der Waals surface area contributed by atoms with E-state index in [1.54, 1.807) is 0 Å². The van der Waals surface area contributed by atoms with Crippen LogP contribution < -0.4 is 5.32 Å². The van der Waals surface area contributed by atoms with Crippen LogP contribution in [-0.2, 0) is 11.3 Å². The Morgan fingerprint density at radius 1 is 1.56 bits per heavy atom. The topological polar surface area (TPSA) is 39.1 Å². The minimum Gasteiger partial charge on any atom is -0.378 e. The van der Waals surface area contributed by atoms with Crippen molar-refractivity contribution in [2.24, 2.45) is 0 Å². The highest BCUT2D eigenvalue weighted by atomic mass is 16.5. The average Bonchev–Trinajstić information content (AvgIpc) is 2.60. The molecule has 4 heteroatoms. The lowest BCUT2D eigenvalue weighted by atomic mass is 9.89. The Hall–Kier alpha value is -0.870. The first-order valence-electron chi connectivity index (χ1n) is 6.12. The van der Waals surface area contributed by atoms with Crippen molar-refractivity contribution in [3.63, 3.8) is 0 Å². The van der Waals surface area contributed by atoms with E-state index in [4.69, 9.17) is 4.74 Å². The Morgan fingerprint density at radius 2 is 2.38 bits per heavy atom. The Kier molecular flexibility index (Phi) is 3.96. The van der Waals surface area contributed by atoms with Crippen LogP contribution in [0.5, 0.6) is 0 Å². The van der Waals surface area contributed by atoms with Crippen molar-refractivity contribution in [2.75, 3.05) is 13.2 Å². The smallest absolute Gasteiger partial charge is 0.105 e. The molecule has 2 rings (SSSR count). The molecule has 1 fully saturated rings. The number of nitrogens with one attached hydrogen (secondary N) is 1. The molecule has 1 heterocycles. The lowest BCUT2D eigenvalue weighted by molar-refractivity contribution is -0.00985. The van der Waals surface area contributed by atoms with E-state index in [-0.39, 0.29) is 0 Å². The number of aromatic nitrogens is 2. The number of hydrogen-bond donors (Lipinski definition) is 1. The summed E-state index contributed by atoms with van der Waals surface area (Å²) < 4.78 is 7.70. The van der Waals surface area contributed by atoms with Gasteiger partial charge in [0.2, 0.25) is 0 Å². The number of imidazole rings is 1. The maximum atomic E-state index is 5.52. The molecular formula is C12H21N3O. The van der Waals surface area contributed by atoms with Crippen LogP contribution in [0.1, 0.15) is 25.6 Å². The van der Waals surface area contributed by atoms with Crippen molar-refractivity contribution >= 4 is 0 Å². The first-order chi connectivity index (χ1) is 7.79. The van der Waals surface area contributed by atoms with Crippen LogP contribution in [0.4, 0.5) is 0 Å². The summed E-state index contributed by atoms with van der Waals surface area (Å²) in [6.45, 7) is 6.95. The predicted octanol–water partition coefficient (Wildman–Crippen LogP) is 1.35. The second kappa shape index (κ2) is 5.46. The molecule has 90 valence electrons. The summed E-state index contributed by atoms with van der Waals surface area (Å²) in [7, 11) is 0. The van der Waals surface area contributed by atoms with Crippen molar-refractivity contribution in [3.8, 4) is 0 Å². The molecule has 0 saturated heterocycles. The highest BCUT2D eigenvalue weighted by Gasteiger charge is 2.28. The highest BCUT2D eigenvalue weighted by molar-refractivity contribution is 4.89. The van der Waals surface area contributed by atoms with Gasteiger partial charge in [-0.3, -0.25) is 0 Å². The molecule has 0 spiro atoms. The van der Waals surface area contributed by atoms with E-state index in [0.29, 0.717) is 12.1 Å². The first-order valence-corrected chi connectivity index (χ1v) is 6.12. The molecule has 0 amide bonds. The number of nitrogens with zero attached hydrogens (tertiary/aromatic N) is 2. The zero-order valence-corrected chi connectivity index (χ0v) is 10.1. The van der Waals surface area contributed by atoms with Crippen LogP contribution >= 0.6 is 0 Å². The molecule has 1 aromatic heterocycles. The summed E-state index contributed by atoms with van der Waals surface area (Å²) in [6, 6.07) is 0.653. The van der Waals surface area contributed by atoms with Gasteiger partial charge in [-0.15, -0.1) is 0 Å². The monoisotopic (exact) mass is 223 g/mol. The summed E-state index contributed by atoms with van der Waals surface area (Å²) in [6.07, 6.45) is 6.70. The predicted molar refractivity (Wildman–Crippen MR) is 63.4 cm³/mol. The Balaban J connectivity index is 1.58. The van der Waals surface area contributed by atoms with Crippen molar-refractivity contribution in [2.45, 2.75) is 45.4 Å². The van der Waals surface area contributed by atoms with Gasteiger partial charge in [-0.05, 0) is 26.7 Å². The fraction of sp³-hybridized carbons (Fsp3) is 0.750. The van der Waals surface area contributed by atoms with Crippen LogP contribution in [-0.4, -0.2) is 34.8 Å². The van der Waals surface area contributed by atoms with Crippen molar-refractivity contribution in [3.05, 3.63) is 18.2 Å². The minimum absolute atomic E-state index is 0.498. The average molecular weight is 223 g/mol. The summed E-state index contributed by atoms with van der Waals surface area (Å²) in [5.41, 5.74) is 0. The Bertz CT molecular complexity index is 318. The zero-order chi connectivity index (χ0) is 11.4. The summed E-state index contributed by atoms with van der Waals surface area (Å²) in [5.74, 6) is 1.09. The number of aryl methyl sites for hydroxylation is 1. The zero-order valence-electron chi connectivity index (χ0n) is 10.1. The van der Waals surface area contributed by atoms with Gasteiger partial charge in [0.25, 0.3) is 0 Å². The minimum atomic E-state index is 0.498. The van der Waals surface area contributed by atoms with E-state index in [1.807, 2.05) is 19.3 Å². The number of hydrogen-bond acceptors (Lipinski definition) is 3. The maximum absolute atomic E-state index is 5.52. The third kappa shape index (κ3) is 2.83. The van der Waals surface area contributed by atoms with Gasteiger partial charge in [-0.25, -0.2) is 4.98 Å². The molecule has 1 saturated carbocycles. The molecule has 1 aromatic rings. The van der Waals surface area contributed by atoms with Crippen molar-refractivity contribution < 1.29 is 4.74 Å². The van der Waals surface area contributed by atoms with E-state index < -0.39 is 0 Å². The molecule has 0 atom stereocenters. The molecule has 0 bridgehead atoms. The Morgan fingerprint density at radius 3 is 3.00 bits per heavy atom. The second-order valence-corrected chi connectivity index (χ2v) is 4.37. The molecule has 4 nitrogen and oxygen atoms in total. The van der Waals surface area contributed by atoms with Gasteiger partial charge >= 0.3 is 0 Å². The van der Waals surface area contributed by atoms with Gasteiger partial charge < -0.3 is 14.6 Å². The molecule has 1 aliphatic rings. The van der Waals surface area contributed by atoms with Crippen LogP contribution in [0.2, 0.25) is 0 Å². The summed E-state index contributed by atoms with van der Waals surface area (Å²) in [4.78, 5) is 4.20. The van der Waals surface area contributed by atoms with E-state index in [2.05, 4.69) is 21.8 Å². The molecule has 16 heavy (non-hydrogen) atoms. The van der Waals surface area contributed by atoms with Crippen LogP contribution in [0.15, 0.2) is 12.4 Å². The molecule has 0 aromatic carbocycles. The molecule has 0 unspecified atom stereocenters. The number of rotatable bonds is 6. The van der Waals surface area contributed by atoms with Gasteiger partial charge in [-0.1, -0.05) is 0 Å². The van der Waals surface area contributed by atoms with E-state index >= 15 is 0 Å². The van der Waals surface area contributed by atoms with Crippen molar-refractivity contribution in [1.29, 1.82) is 0 Å². The van der Waals surface area contributed by atoms with Gasteiger partial charge in [0, 0.05) is 38.1 Å². The number of ether oxygens (including phenoxy) is 1. The van der Waals surface area contributed by atoms with Gasteiger partial charge in [0.1, 0.15) is 5.82 Å². The molecule has 1 aliphatic carbocycles. The summed E-state index contributed by atoms with van der Waals surface area (Å²) >= 11 is 0. The second-order valence-electron chi connectivity index (χ2n) is 4.37. The van der Waals surface area contributed by atoms with Gasteiger partial charge in [0.05, 0.1) is 6.10 Å². The van der Waals surface area contributed by atoms with Gasteiger partial charge in [0.15, 0.2) is 0 Å². The lowest BCUT2D eigenvalue weighted by Gasteiger charge is -2.35. The van der Waals surface area contributed by atoms with Gasteiger partial charge in [-0.2, -0.15) is 0 Å². The van der Waals surface area contributed by atoms with E-state index in [1.165, 1.54) is 0 Å². The molecule has 1 N–H and O–H groups in total. The third-order valence-electron chi connectivity index (χ3n) is 3.21. The Labute approximate surface area is 97.0 Å². The maximum Gasteiger partial charge on any atom is 0.105 e. The first kappa shape index (κ1) is 11.6. The lowest BCUT2D eigenvalue weighted by Crippen LogP contribution is -2.46. The standard InChI is InChI=1S/C12H21N3O/c1-3-16-12-8-11(9-12)14-5-7-15-6-4-13-10(15)2/h4,6,11-12,14H,3,5,7-9H2,1-2H3. The quantitative estimate of drug-likeness (QED) is 0.791. The van der Waals surface area contributed by atoms with E-state index in [0.717, 1.165) is 38.4 Å². The fourth-order valence-corrected chi connectivity index (χ4v) is 2.13. The van der Waals surface area contributed by atoms with E-state index in [9.17, 15) is 0 Å². The third-order valence-corrected chi connectivity index (χ3v) is 3.21. The SMILES string of the molecule is CCOC1CC(NCCn2ccnc2C)C1. The molecule has 0 radical (unpaired) electrons. The van der Waals surface area contributed by atoms with Crippen molar-refractivity contribution in [1.82, 2.24) is 14.9 Å². The molecular weight excluding hydrogens is 202 g/mol. The summed E-state index contributed by atoms with van der Waals surface area (Å²) in [5, 5.41) is 3.54. The van der Waals surface area contributed by atoms with Crippen LogP contribution in [0, 0.1) is 6.92 Å². The fourth-order valence-electron chi connectivity index (χ4n) is 2.13. The largest absolute Gasteiger partial charge is 0.378 e. The normalized spacial score (nSPS) is 24.4.